The van der Waals surface area contributed by atoms with Gasteiger partial charge in [-0.1, -0.05) is 0 Å². The molecule has 0 atom stereocenters. The summed E-state index contributed by atoms with van der Waals surface area (Å²) >= 11 is 0. The molecule has 0 spiro atoms. The van der Waals surface area contributed by atoms with Crippen molar-refractivity contribution in [2.24, 2.45) is 0 Å². The van der Waals surface area contributed by atoms with Crippen molar-refractivity contribution in [3.63, 3.8) is 0 Å². The summed E-state index contributed by atoms with van der Waals surface area (Å²) in [5.74, 6) is -0.748. The molecule has 6 heteroatoms. The molecule has 2 N–H and O–H groups in total. The fourth-order valence-corrected chi connectivity index (χ4v) is 1.02. The van der Waals surface area contributed by atoms with Crippen LogP contribution in [0.15, 0.2) is 18.6 Å². The molecule has 0 unspecified atom stereocenters. The molecule has 2 aromatic rings. The van der Waals surface area contributed by atoms with Crippen molar-refractivity contribution in [1.82, 2.24) is 15.0 Å². The molecule has 0 saturated heterocycles. The van der Waals surface area contributed by atoms with E-state index in [1.165, 1.54) is 18.6 Å². The predicted molar refractivity (Wildman–Crippen MR) is 42.5 cm³/mol. The Morgan fingerprint density at radius 3 is 2.77 bits per heavy atom. The molecule has 1 amide bonds. The van der Waals surface area contributed by atoms with Crippen LogP contribution < -0.4 is 58.2 Å². The largest absolute Gasteiger partial charge is 1.00 e. The van der Waals surface area contributed by atoms with Gasteiger partial charge in [-0.3, -0.25) is 4.98 Å². The van der Waals surface area contributed by atoms with Crippen molar-refractivity contribution >= 4 is 17.1 Å². The summed E-state index contributed by atoms with van der Waals surface area (Å²) in [6.07, 6.45) is 4.46. The first kappa shape index (κ1) is 11.0. The predicted octanol–water partition coefficient (Wildman–Crippen LogP) is -1.85. The third-order valence-electron chi connectivity index (χ3n) is 1.55. The number of nitrogens with one attached hydrogen (secondary N) is 2. The van der Waals surface area contributed by atoms with Crippen LogP contribution >= 0.6 is 0 Å². The number of carbonyl (C=O) groups is 1. The van der Waals surface area contributed by atoms with Crippen molar-refractivity contribution in [3.05, 3.63) is 29.9 Å². The molecule has 60 valence electrons. The van der Waals surface area contributed by atoms with Crippen LogP contribution in [0.2, 0.25) is 0 Å². The molecule has 2 heterocycles. The van der Waals surface area contributed by atoms with E-state index in [0.29, 0.717) is 11.2 Å². The number of fused-ring (bicyclic) bond motifs is 1. The zero-order chi connectivity index (χ0) is 8.55. The maximum absolute atomic E-state index is 10.7. The fraction of sp³-hybridized carbons (Fsp3) is 0. The Kier molecular flexibility index (Phi) is 3.72. The van der Waals surface area contributed by atoms with E-state index in [9.17, 15) is 4.79 Å². The standard InChI is InChI=1S/C7H6N4O.Rb/c8-6(12)4-3-11-7-5(4)9-1-2-10-7;/h1-3H,(H3,8,9,10,11,12);/q;+1/p-1. The van der Waals surface area contributed by atoms with Gasteiger partial charge in [0, 0.05) is 24.2 Å². The second-order valence-electron chi connectivity index (χ2n) is 2.29. The van der Waals surface area contributed by atoms with Crippen molar-refractivity contribution in [1.29, 1.82) is 0 Å². The summed E-state index contributed by atoms with van der Waals surface area (Å²) in [6, 6.07) is 0. The van der Waals surface area contributed by atoms with Gasteiger partial charge in [0.25, 0.3) is 0 Å². The Labute approximate surface area is 123 Å². The number of rotatable bonds is 1. The first-order valence-electron chi connectivity index (χ1n) is 3.33. The normalized spacial score (nSPS) is 9.54. The van der Waals surface area contributed by atoms with E-state index in [1.54, 1.807) is 0 Å². The second-order valence-corrected chi connectivity index (χ2v) is 2.29. The van der Waals surface area contributed by atoms with E-state index in [-0.39, 0.29) is 63.8 Å². The van der Waals surface area contributed by atoms with E-state index in [2.05, 4.69) is 15.0 Å². The van der Waals surface area contributed by atoms with Crippen LogP contribution in [-0.4, -0.2) is 20.9 Å². The van der Waals surface area contributed by atoms with Crippen LogP contribution in [0.5, 0.6) is 0 Å². The van der Waals surface area contributed by atoms with Gasteiger partial charge in [0.05, 0.1) is 5.91 Å². The summed E-state index contributed by atoms with van der Waals surface area (Å²) in [5, 5.41) is 0. The van der Waals surface area contributed by atoms with Crippen molar-refractivity contribution < 1.29 is 63.0 Å². The van der Waals surface area contributed by atoms with Gasteiger partial charge in [0.1, 0.15) is 5.52 Å². The van der Waals surface area contributed by atoms with Crippen LogP contribution in [0, 0.1) is 0 Å². The van der Waals surface area contributed by atoms with Gasteiger partial charge >= 0.3 is 58.2 Å². The molecule has 0 aliphatic heterocycles. The Hall–Kier alpha value is -0.105. The van der Waals surface area contributed by atoms with E-state index in [0.717, 1.165) is 0 Å². The summed E-state index contributed by atoms with van der Waals surface area (Å²) in [6.45, 7) is 0. The minimum atomic E-state index is -0.748. The number of carbonyl (C=O) groups excluding carboxylic acids is 1. The van der Waals surface area contributed by atoms with Gasteiger partial charge in [-0.15, -0.1) is 0 Å². The van der Waals surface area contributed by atoms with Crippen LogP contribution in [0.25, 0.3) is 16.9 Å². The zero-order valence-electron chi connectivity index (χ0n) is 7.03. The second kappa shape index (κ2) is 4.41. The number of aromatic nitrogens is 3. The minimum absolute atomic E-state index is 0. The monoisotopic (exact) mass is 246 g/mol. The van der Waals surface area contributed by atoms with Gasteiger partial charge in [-0.2, -0.15) is 0 Å². The molecular formula is C7H5N4ORb. The average Bonchev–Trinajstić information content (AvgIpc) is 2.47. The van der Waals surface area contributed by atoms with Crippen molar-refractivity contribution in [2.45, 2.75) is 0 Å². The molecule has 0 aromatic carbocycles. The van der Waals surface area contributed by atoms with E-state index >= 15 is 0 Å². The molecule has 0 saturated carbocycles. The van der Waals surface area contributed by atoms with Gasteiger partial charge in [-0.05, 0) is 0 Å². The Morgan fingerprint density at radius 1 is 1.38 bits per heavy atom. The molecule has 0 aliphatic rings. The third kappa shape index (κ3) is 2.04. The molecule has 0 aliphatic carbocycles. The molecule has 0 bridgehead atoms. The summed E-state index contributed by atoms with van der Waals surface area (Å²) in [5.41, 5.74) is 8.14. The number of H-pyrrole nitrogens is 1. The SMILES string of the molecule is [NH-]C(=O)c1c[nH]c2nccnc12.[Rb+]. The number of nitrogens with zero attached hydrogens (tertiary/aromatic N) is 2. The summed E-state index contributed by atoms with van der Waals surface area (Å²) < 4.78 is 0. The van der Waals surface area contributed by atoms with E-state index in [4.69, 9.17) is 5.73 Å². The molecular weight excluding hydrogens is 242 g/mol. The van der Waals surface area contributed by atoms with Crippen molar-refractivity contribution in [2.75, 3.05) is 0 Å². The molecule has 0 fully saturated rings. The first-order chi connectivity index (χ1) is 5.79. The van der Waals surface area contributed by atoms with E-state index < -0.39 is 5.91 Å². The van der Waals surface area contributed by atoms with Crippen LogP contribution in [0.4, 0.5) is 0 Å². The van der Waals surface area contributed by atoms with Gasteiger partial charge in [-0.25, -0.2) is 4.98 Å². The molecule has 0 radical (unpaired) electrons. The smallest absolute Gasteiger partial charge is 0.663 e. The molecule has 13 heavy (non-hydrogen) atoms. The Morgan fingerprint density at radius 2 is 2.08 bits per heavy atom. The van der Waals surface area contributed by atoms with Crippen LogP contribution in [0.3, 0.4) is 0 Å². The van der Waals surface area contributed by atoms with Crippen LogP contribution in [-0.2, 0) is 0 Å². The maximum atomic E-state index is 10.7. The summed E-state index contributed by atoms with van der Waals surface area (Å²) in [7, 11) is 0. The maximum Gasteiger partial charge on any atom is 1.00 e. The number of hydrogen-bond donors (Lipinski definition) is 1. The van der Waals surface area contributed by atoms with Gasteiger partial charge in [0.15, 0.2) is 5.65 Å². The minimum Gasteiger partial charge on any atom is -0.663 e. The number of amides is 1. The third-order valence-corrected chi connectivity index (χ3v) is 1.55. The summed E-state index contributed by atoms with van der Waals surface area (Å²) in [4.78, 5) is 21.3. The molecule has 2 aromatic heterocycles. The topological polar surface area (TPSA) is 82.4 Å². The van der Waals surface area contributed by atoms with E-state index in [1.807, 2.05) is 0 Å². The first-order valence-corrected chi connectivity index (χ1v) is 3.33. The van der Waals surface area contributed by atoms with Gasteiger partial charge < -0.3 is 15.5 Å². The van der Waals surface area contributed by atoms with Crippen LogP contribution in [0.1, 0.15) is 10.4 Å². The Bertz CT molecular complexity index is 439. The molecule has 2 rings (SSSR count). The fourth-order valence-electron chi connectivity index (χ4n) is 1.02. The quantitative estimate of drug-likeness (QED) is 0.642. The average molecular weight is 247 g/mol. The molecule has 5 nitrogen and oxygen atoms in total. The van der Waals surface area contributed by atoms with Crippen molar-refractivity contribution in [3.8, 4) is 0 Å². The van der Waals surface area contributed by atoms with Gasteiger partial charge in [0.2, 0.25) is 0 Å². The zero-order valence-corrected chi connectivity index (χ0v) is 12.0. The number of hydrogen-bond acceptors (Lipinski definition) is 3. The number of aromatic amines is 1. The Balaban J connectivity index is 0.000000845.